The monoisotopic (exact) mass is 556 g/mol. The molecule has 0 saturated carbocycles. The summed E-state index contributed by atoms with van der Waals surface area (Å²) in [5, 5.41) is 14.9. The number of fused-ring (bicyclic) bond motifs is 1. The molecule has 0 aliphatic rings. The Balaban J connectivity index is 0.00000353. The number of aryl methyl sites for hydroxylation is 1. The molecule has 0 spiro atoms. The van der Waals surface area contributed by atoms with E-state index >= 15 is 0 Å². The lowest BCUT2D eigenvalue weighted by atomic mass is 9.97. The minimum atomic E-state index is -2.57. The van der Waals surface area contributed by atoms with Crippen LogP contribution in [-0.4, -0.2) is 46.9 Å². The van der Waals surface area contributed by atoms with Gasteiger partial charge in [-0.3, -0.25) is 9.48 Å². The lowest BCUT2D eigenvalue weighted by molar-refractivity contribution is 0.0937. The van der Waals surface area contributed by atoms with Crippen molar-refractivity contribution < 1.29 is 18.1 Å². The number of nitrogens with zero attached hydrogens (tertiary/aromatic N) is 7. The number of rotatable bonds is 7. The van der Waals surface area contributed by atoms with Crippen LogP contribution >= 0.6 is 12.4 Å². The van der Waals surface area contributed by atoms with Gasteiger partial charge >= 0.3 is 0 Å². The van der Waals surface area contributed by atoms with Crippen LogP contribution in [0.3, 0.4) is 0 Å². The van der Waals surface area contributed by atoms with E-state index in [2.05, 4.69) is 30.6 Å². The summed E-state index contributed by atoms with van der Waals surface area (Å²) < 4.78 is 35.6. The van der Waals surface area contributed by atoms with Crippen molar-refractivity contribution in [3.63, 3.8) is 0 Å². The van der Waals surface area contributed by atoms with Gasteiger partial charge in [0, 0.05) is 54.5 Å². The summed E-state index contributed by atoms with van der Waals surface area (Å²) in [6.07, 6.45) is 3.90. The summed E-state index contributed by atoms with van der Waals surface area (Å²) in [5.74, 6) is -0.327. The lowest BCUT2D eigenvalue weighted by Gasteiger charge is -2.13. The maximum atomic E-state index is 13.5. The number of aromatic nitrogens is 7. The standard InChI is InChI=1S/C26H26F2N8O2.ClH/c1-26(2,3)25-33-23(34-38-25)24(37)29-10-16-6-5-15(7-17(16)9-21(27)28)22-20-8-18(13-36(20)32-14-30-22)19-11-31-35(4)12-19;/h5-8,11-14,21H,9-10H2,1-4H3,(H,29,37);1H. The Bertz CT molecular complexity index is 1620. The molecule has 4 heterocycles. The minimum Gasteiger partial charge on any atom is -0.345 e. The summed E-state index contributed by atoms with van der Waals surface area (Å²) in [5.41, 5.74) is 4.36. The predicted octanol–water partition coefficient (Wildman–Crippen LogP) is 4.64. The van der Waals surface area contributed by atoms with Crippen LogP contribution in [-0.2, 0) is 25.4 Å². The number of amides is 1. The van der Waals surface area contributed by atoms with Crippen molar-refractivity contribution in [2.24, 2.45) is 7.05 Å². The van der Waals surface area contributed by atoms with Crippen LogP contribution < -0.4 is 5.32 Å². The molecule has 39 heavy (non-hydrogen) atoms. The van der Waals surface area contributed by atoms with E-state index in [1.807, 2.05) is 46.3 Å². The van der Waals surface area contributed by atoms with Crippen molar-refractivity contribution >= 4 is 23.8 Å². The molecule has 1 aromatic carbocycles. The SMILES string of the molecule is Cl.Cn1cc(-c2cc3c(-c4ccc(CNC(=O)c5noc(C(C)(C)C)n5)c(CC(F)F)c4)ncnn3c2)cn1. The number of alkyl halides is 2. The molecule has 1 N–H and O–H groups in total. The van der Waals surface area contributed by atoms with Crippen LogP contribution in [0.15, 0.2) is 53.7 Å². The Morgan fingerprint density at radius 1 is 1.08 bits per heavy atom. The summed E-state index contributed by atoms with van der Waals surface area (Å²) in [6, 6.07) is 7.12. The van der Waals surface area contributed by atoms with Crippen LogP contribution in [0, 0.1) is 0 Å². The first kappa shape index (κ1) is 27.8. The highest BCUT2D eigenvalue weighted by Crippen LogP contribution is 2.29. The second-order valence-corrected chi connectivity index (χ2v) is 10.0. The number of carbonyl (C=O) groups excluding carboxylic acids is 1. The van der Waals surface area contributed by atoms with Gasteiger partial charge in [-0.1, -0.05) is 38.1 Å². The fourth-order valence-electron chi connectivity index (χ4n) is 4.06. The molecule has 0 atom stereocenters. The van der Waals surface area contributed by atoms with Crippen LogP contribution in [0.4, 0.5) is 8.78 Å². The van der Waals surface area contributed by atoms with Gasteiger partial charge in [-0.05, 0) is 23.3 Å². The van der Waals surface area contributed by atoms with E-state index < -0.39 is 24.2 Å². The summed E-state index contributed by atoms with van der Waals surface area (Å²) in [7, 11) is 1.84. The van der Waals surface area contributed by atoms with E-state index in [-0.39, 0.29) is 24.8 Å². The van der Waals surface area contributed by atoms with Crippen LogP contribution in [0.1, 0.15) is 48.4 Å². The molecule has 0 saturated heterocycles. The van der Waals surface area contributed by atoms with Gasteiger partial charge in [0.05, 0.1) is 17.4 Å². The number of nitrogens with one attached hydrogen (secondary N) is 1. The highest BCUT2D eigenvalue weighted by Gasteiger charge is 2.24. The van der Waals surface area contributed by atoms with Crippen LogP contribution in [0.5, 0.6) is 0 Å². The van der Waals surface area contributed by atoms with Gasteiger partial charge in [-0.2, -0.15) is 15.2 Å². The molecule has 0 aliphatic carbocycles. The van der Waals surface area contributed by atoms with Crippen LogP contribution in [0.2, 0.25) is 0 Å². The van der Waals surface area contributed by atoms with E-state index in [0.29, 0.717) is 28.3 Å². The molecule has 10 nitrogen and oxygen atoms in total. The van der Waals surface area contributed by atoms with E-state index in [9.17, 15) is 13.6 Å². The number of carbonyl (C=O) groups is 1. The zero-order valence-corrected chi connectivity index (χ0v) is 22.5. The zero-order chi connectivity index (χ0) is 27.0. The smallest absolute Gasteiger partial charge is 0.292 e. The van der Waals surface area contributed by atoms with Gasteiger partial charge in [0.25, 0.3) is 11.7 Å². The van der Waals surface area contributed by atoms with Gasteiger partial charge in [-0.15, -0.1) is 12.4 Å². The molecule has 0 radical (unpaired) electrons. The largest absolute Gasteiger partial charge is 0.345 e. The molecular formula is C26H27ClF2N8O2. The third kappa shape index (κ3) is 5.95. The fraction of sp³-hybridized carbons (Fsp3) is 0.308. The number of hydrogen-bond donors (Lipinski definition) is 1. The average Bonchev–Trinajstić information content (AvgIpc) is 3.61. The van der Waals surface area contributed by atoms with Crippen molar-refractivity contribution in [3.8, 4) is 22.4 Å². The van der Waals surface area contributed by atoms with Crippen LogP contribution in [0.25, 0.3) is 27.9 Å². The Kier molecular flexibility index (Phi) is 7.77. The minimum absolute atomic E-state index is 0. The lowest BCUT2D eigenvalue weighted by Crippen LogP contribution is -2.25. The maximum Gasteiger partial charge on any atom is 0.292 e. The molecule has 0 aliphatic heterocycles. The third-order valence-corrected chi connectivity index (χ3v) is 6.01. The zero-order valence-electron chi connectivity index (χ0n) is 21.7. The summed E-state index contributed by atoms with van der Waals surface area (Å²) >= 11 is 0. The van der Waals surface area contributed by atoms with E-state index in [0.717, 1.165) is 16.6 Å². The van der Waals surface area contributed by atoms with Crippen molar-refractivity contribution in [1.29, 1.82) is 0 Å². The number of halogens is 3. The topological polar surface area (TPSA) is 116 Å². The number of hydrogen-bond acceptors (Lipinski definition) is 7. The summed E-state index contributed by atoms with van der Waals surface area (Å²) in [4.78, 5) is 21.2. The van der Waals surface area contributed by atoms with Crippen molar-refractivity contribution in [2.75, 3.05) is 0 Å². The normalized spacial score (nSPS) is 11.7. The van der Waals surface area contributed by atoms with Gasteiger partial charge in [0.1, 0.15) is 6.33 Å². The van der Waals surface area contributed by atoms with Gasteiger partial charge in [0.2, 0.25) is 12.3 Å². The molecule has 5 aromatic rings. The average molecular weight is 557 g/mol. The van der Waals surface area contributed by atoms with E-state index in [4.69, 9.17) is 4.52 Å². The molecule has 4 aromatic heterocycles. The van der Waals surface area contributed by atoms with E-state index in [1.165, 1.54) is 6.33 Å². The molecule has 13 heteroatoms. The van der Waals surface area contributed by atoms with Gasteiger partial charge in [0.15, 0.2) is 0 Å². The first-order valence-electron chi connectivity index (χ1n) is 11.9. The second-order valence-electron chi connectivity index (χ2n) is 10.0. The molecule has 5 rings (SSSR count). The molecule has 0 bridgehead atoms. The molecule has 0 fully saturated rings. The van der Waals surface area contributed by atoms with Crippen molar-refractivity contribution in [3.05, 3.63) is 72.0 Å². The Morgan fingerprint density at radius 2 is 1.87 bits per heavy atom. The molecule has 1 amide bonds. The first-order valence-corrected chi connectivity index (χ1v) is 11.9. The molecule has 204 valence electrons. The third-order valence-electron chi connectivity index (χ3n) is 6.01. The highest BCUT2D eigenvalue weighted by molar-refractivity contribution is 5.90. The number of benzene rings is 1. The quantitative estimate of drug-likeness (QED) is 0.310. The predicted molar refractivity (Wildman–Crippen MR) is 142 cm³/mol. The highest BCUT2D eigenvalue weighted by atomic mass is 35.5. The Hall–Kier alpha value is -4.19. The van der Waals surface area contributed by atoms with Gasteiger partial charge in [-0.25, -0.2) is 18.3 Å². The summed E-state index contributed by atoms with van der Waals surface area (Å²) in [6.45, 7) is 5.69. The first-order chi connectivity index (χ1) is 18.1. The molecular weight excluding hydrogens is 530 g/mol. The fourth-order valence-corrected chi connectivity index (χ4v) is 4.06. The van der Waals surface area contributed by atoms with Crippen molar-refractivity contribution in [2.45, 2.75) is 45.6 Å². The molecule has 0 unspecified atom stereocenters. The van der Waals surface area contributed by atoms with Gasteiger partial charge < -0.3 is 9.84 Å². The van der Waals surface area contributed by atoms with E-state index in [1.54, 1.807) is 33.6 Å². The Labute approximate surface area is 228 Å². The second kappa shape index (κ2) is 10.9. The Morgan fingerprint density at radius 3 is 2.54 bits per heavy atom. The van der Waals surface area contributed by atoms with Crippen molar-refractivity contribution in [1.82, 2.24) is 39.8 Å². The maximum absolute atomic E-state index is 13.5.